The average Bonchev–Trinajstić information content (AvgIpc) is 0.728. The summed E-state index contributed by atoms with van der Waals surface area (Å²) < 4.78 is 0. The van der Waals surface area contributed by atoms with Gasteiger partial charge in [-0.3, -0.25) is 0 Å². The molecule has 0 amide bonds. The molecular weight excluding hydrogens is 1060 g/mol. The Balaban J connectivity index is 1.09. The van der Waals surface area contributed by atoms with Crippen LogP contribution in [0.3, 0.4) is 0 Å². The molecule has 13 aromatic rings. The van der Waals surface area contributed by atoms with Gasteiger partial charge in [0.15, 0.2) is 0 Å². The Labute approximate surface area is 516 Å². The van der Waals surface area contributed by atoms with Gasteiger partial charge >= 0.3 is 0 Å². The van der Waals surface area contributed by atoms with E-state index in [4.69, 9.17) is 0 Å². The Morgan fingerprint density at radius 3 is 1.28 bits per heavy atom. The molecule has 0 spiro atoms. The van der Waals surface area contributed by atoms with Crippen LogP contribution in [-0.2, 0) is 5.54 Å². The lowest BCUT2D eigenvalue weighted by molar-refractivity contribution is 0.693. The summed E-state index contributed by atoms with van der Waals surface area (Å²) in [7, 11) is 0. The van der Waals surface area contributed by atoms with Gasteiger partial charge in [-0.2, -0.15) is 0 Å². The maximum atomic E-state index is 4.52. The highest BCUT2D eigenvalue weighted by molar-refractivity contribution is 6.25. The molecule has 13 aromatic carbocycles. The standard InChI is InChI=1S/C84H68N4/c1-55-30-42-63(43-31-55)85-84(76-27-15-13-25-74(76)83(75-26-14-16-28-77(75)84)87(66-48-36-58(4)37-49-66)67-50-38-59(5)39-51-67)80-69-20-8-7-18-61(69)54-62-19-17-29-78(79(62)80)88(68-52-40-60(6)41-53-68)82-72-23-11-9-21-70(72)81(71-22-10-12-24-73(71)82)86(64-44-32-56(2)33-45-64)65-46-34-57(3)35-47-65/h7-25,27-54,85H,26H2,1-6H3. The van der Waals surface area contributed by atoms with Crippen molar-refractivity contribution in [3.05, 3.63) is 346 Å². The third kappa shape index (κ3) is 9.14. The van der Waals surface area contributed by atoms with Crippen LogP contribution in [0.15, 0.2) is 296 Å². The second kappa shape index (κ2) is 22.0. The fourth-order valence-corrected chi connectivity index (χ4v) is 14.0. The molecule has 1 unspecified atom stereocenters. The third-order valence-electron chi connectivity index (χ3n) is 18.2. The van der Waals surface area contributed by atoms with E-state index >= 15 is 0 Å². The number of rotatable bonds is 12. The summed E-state index contributed by atoms with van der Waals surface area (Å²) in [5.41, 5.74) is 23.3. The highest BCUT2D eigenvalue weighted by Crippen LogP contribution is 2.60. The monoisotopic (exact) mass is 1130 g/mol. The van der Waals surface area contributed by atoms with Crippen LogP contribution in [0.25, 0.3) is 48.8 Å². The summed E-state index contributed by atoms with van der Waals surface area (Å²) >= 11 is 0. The number of nitrogens with one attached hydrogen (secondary N) is 1. The Hall–Kier alpha value is -10.7. The zero-order valence-corrected chi connectivity index (χ0v) is 50.7. The van der Waals surface area contributed by atoms with Gasteiger partial charge in [0.1, 0.15) is 5.54 Å². The Morgan fingerprint density at radius 1 is 0.364 bits per heavy atom. The molecule has 0 aliphatic heterocycles. The summed E-state index contributed by atoms with van der Waals surface area (Å²) in [6, 6.07) is 100. The van der Waals surface area contributed by atoms with Crippen LogP contribution in [0.5, 0.6) is 0 Å². The van der Waals surface area contributed by atoms with Crippen molar-refractivity contribution in [1.82, 2.24) is 0 Å². The van der Waals surface area contributed by atoms with E-state index in [9.17, 15) is 0 Å². The van der Waals surface area contributed by atoms with Gasteiger partial charge in [0.05, 0.1) is 22.8 Å². The van der Waals surface area contributed by atoms with Crippen molar-refractivity contribution in [3.8, 4) is 0 Å². The first kappa shape index (κ1) is 54.0. The molecule has 15 rings (SSSR count). The molecule has 0 radical (unpaired) electrons. The summed E-state index contributed by atoms with van der Waals surface area (Å²) in [6.07, 6.45) is 7.77. The van der Waals surface area contributed by atoms with Gasteiger partial charge < -0.3 is 20.0 Å². The molecule has 0 bridgehead atoms. The fraction of sp³-hybridized carbons (Fsp3) is 0.0952. The first-order valence-electron chi connectivity index (χ1n) is 30.8. The largest absolute Gasteiger partial charge is 0.368 e. The lowest BCUT2D eigenvalue weighted by atomic mass is 9.64. The minimum Gasteiger partial charge on any atom is -0.368 e. The van der Waals surface area contributed by atoms with Crippen LogP contribution < -0.4 is 20.0 Å². The number of allylic oxidation sites excluding steroid dienone is 3. The normalized spacial score (nSPS) is 14.5. The predicted octanol–water partition coefficient (Wildman–Crippen LogP) is 22.9. The van der Waals surface area contributed by atoms with E-state index in [-0.39, 0.29) is 0 Å². The van der Waals surface area contributed by atoms with E-state index < -0.39 is 5.54 Å². The van der Waals surface area contributed by atoms with E-state index in [1.54, 1.807) is 0 Å². The van der Waals surface area contributed by atoms with Gasteiger partial charge in [0.25, 0.3) is 0 Å². The maximum absolute atomic E-state index is 4.52. The van der Waals surface area contributed by atoms with E-state index in [0.717, 1.165) is 89.9 Å². The number of nitrogens with zero attached hydrogens (tertiary/aromatic N) is 3. The van der Waals surface area contributed by atoms with E-state index in [2.05, 4.69) is 347 Å². The molecular formula is C84H68N4. The van der Waals surface area contributed by atoms with E-state index in [1.807, 2.05) is 0 Å². The van der Waals surface area contributed by atoms with Crippen molar-refractivity contribution in [3.63, 3.8) is 0 Å². The lowest BCUT2D eigenvalue weighted by Crippen LogP contribution is -2.44. The molecule has 1 atom stereocenters. The quantitative estimate of drug-likeness (QED) is 0.0972. The van der Waals surface area contributed by atoms with Crippen LogP contribution in [0, 0.1) is 41.5 Å². The highest BCUT2D eigenvalue weighted by Gasteiger charge is 2.49. The number of anilines is 9. The van der Waals surface area contributed by atoms with Crippen LogP contribution in [0.2, 0.25) is 0 Å². The van der Waals surface area contributed by atoms with Crippen molar-refractivity contribution < 1.29 is 0 Å². The van der Waals surface area contributed by atoms with Gasteiger partial charge in [-0.1, -0.05) is 234 Å². The molecule has 0 saturated heterocycles. The van der Waals surface area contributed by atoms with Crippen molar-refractivity contribution in [2.45, 2.75) is 53.5 Å². The molecule has 4 nitrogen and oxygen atoms in total. The second-order valence-corrected chi connectivity index (χ2v) is 24.1. The second-order valence-electron chi connectivity index (χ2n) is 24.1. The molecule has 88 heavy (non-hydrogen) atoms. The van der Waals surface area contributed by atoms with Gasteiger partial charge in [-0.05, 0) is 166 Å². The third-order valence-corrected chi connectivity index (χ3v) is 18.2. The van der Waals surface area contributed by atoms with Gasteiger partial charge in [-0.15, -0.1) is 0 Å². The average molecular weight is 1130 g/mol. The van der Waals surface area contributed by atoms with Crippen molar-refractivity contribution in [2.75, 3.05) is 20.0 Å². The minimum atomic E-state index is -0.994. The first-order chi connectivity index (χ1) is 43.1. The first-order valence-corrected chi connectivity index (χ1v) is 30.8. The van der Waals surface area contributed by atoms with Crippen molar-refractivity contribution in [2.24, 2.45) is 0 Å². The molecule has 2 aliphatic carbocycles. The van der Waals surface area contributed by atoms with Gasteiger partial charge in [0.2, 0.25) is 0 Å². The Morgan fingerprint density at radius 2 is 0.773 bits per heavy atom. The summed E-state index contributed by atoms with van der Waals surface area (Å²) in [6.45, 7) is 13.0. The van der Waals surface area contributed by atoms with Crippen LogP contribution >= 0.6 is 0 Å². The summed E-state index contributed by atoms with van der Waals surface area (Å²) in [4.78, 5) is 7.58. The lowest BCUT2D eigenvalue weighted by Gasteiger charge is -2.48. The summed E-state index contributed by atoms with van der Waals surface area (Å²) in [5.74, 6) is 0. The number of benzene rings is 13. The molecule has 0 fully saturated rings. The molecule has 1 N–H and O–H groups in total. The van der Waals surface area contributed by atoms with Crippen molar-refractivity contribution >= 4 is 100.0 Å². The molecule has 4 heteroatoms. The molecule has 2 aliphatic rings. The highest BCUT2D eigenvalue weighted by atomic mass is 15.2. The van der Waals surface area contributed by atoms with Crippen molar-refractivity contribution in [1.29, 1.82) is 0 Å². The Kier molecular flexibility index (Phi) is 13.5. The molecule has 0 heterocycles. The number of fused-ring (bicyclic) bond motifs is 6. The maximum Gasteiger partial charge on any atom is 0.116 e. The topological polar surface area (TPSA) is 21.8 Å². The SMILES string of the molecule is Cc1ccc(NC2(c3c4ccccc4cc4cccc(N(c5ccc(C)cc5)c5c6ccccc6c(N(c6ccc(C)cc6)c6ccc(C)cc6)c6ccccc56)c34)C3=CC=CCC3=C(N(c3ccc(C)cc3)c3ccc(C)cc3)c3ccccc32)cc1. The number of hydrogen-bond acceptors (Lipinski definition) is 4. The van der Waals surface area contributed by atoms with Crippen LogP contribution in [-0.4, -0.2) is 0 Å². The smallest absolute Gasteiger partial charge is 0.116 e. The molecule has 0 saturated carbocycles. The fourth-order valence-electron chi connectivity index (χ4n) is 14.0. The zero-order valence-electron chi connectivity index (χ0n) is 50.7. The zero-order chi connectivity index (χ0) is 59.6. The predicted molar refractivity (Wildman–Crippen MR) is 375 cm³/mol. The van der Waals surface area contributed by atoms with Gasteiger partial charge in [-0.25, -0.2) is 0 Å². The minimum absolute atomic E-state index is 0.721. The molecule has 424 valence electrons. The van der Waals surface area contributed by atoms with Crippen LogP contribution in [0.1, 0.15) is 56.5 Å². The van der Waals surface area contributed by atoms with E-state index in [1.165, 1.54) is 77.7 Å². The summed E-state index contributed by atoms with van der Waals surface area (Å²) in [5, 5.41) is 13.7. The van der Waals surface area contributed by atoms with E-state index in [0.29, 0.717) is 0 Å². The number of hydrogen-bond donors (Lipinski definition) is 1. The van der Waals surface area contributed by atoms with Gasteiger partial charge in [0, 0.05) is 72.2 Å². The number of aryl methyl sites for hydroxylation is 6. The van der Waals surface area contributed by atoms with Crippen LogP contribution in [0.4, 0.5) is 51.2 Å². The Bertz CT molecular complexity index is 4790. The molecule has 0 aromatic heterocycles.